The summed E-state index contributed by atoms with van der Waals surface area (Å²) in [5.41, 5.74) is 1.91. The van der Waals surface area contributed by atoms with Crippen LogP contribution in [-0.2, 0) is 11.2 Å². The van der Waals surface area contributed by atoms with Crippen LogP contribution in [0.3, 0.4) is 0 Å². The monoisotopic (exact) mass is 210 g/mol. The first-order valence-corrected chi connectivity index (χ1v) is 4.62. The standard InChI is InChI=1S/C11H14O4/c1-8-3-4-10(15-11(12)13)9(7-8)5-6-14-2/h3-4,7H,5-6H2,1-2H3,(H,12,13). The van der Waals surface area contributed by atoms with Crippen molar-refractivity contribution in [1.29, 1.82) is 0 Å². The third kappa shape index (κ3) is 3.59. The largest absolute Gasteiger partial charge is 0.511 e. The fourth-order valence-electron chi connectivity index (χ4n) is 1.31. The molecule has 4 heteroatoms. The summed E-state index contributed by atoms with van der Waals surface area (Å²) in [6, 6.07) is 5.38. The highest BCUT2D eigenvalue weighted by atomic mass is 16.7. The summed E-state index contributed by atoms with van der Waals surface area (Å²) in [5, 5.41) is 8.53. The Morgan fingerprint density at radius 3 is 2.80 bits per heavy atom. The van der Waals surface area contributed by atoms with Crippen LogP contribution >= 0.6 is 0 Å². The highest BCUT2D eigenvalue weighted by Crippen LogP contribution is 2.20. The van der Waals surface area contributed by atoms with E-state index in [-0.39, 0.29) is 0 Å². The van der Waals surface area contributed by atoms with E-state index < -0.39 is 6.16 Å². The van der Waals surface area contributed by atoms with Crippen molar-refractivity contribution in [2.75, 3.05) is 13.7 Å². The minimum absolute atomic E-state index is 0.380. The molecule has 1 aromatic rings. The van der Waals surface area contributed by atoms with Gasteiger partial charge in [0.05, 0.1) is 6.61 Å². The number of rotatable bonds is 4. The predicted octanol–water partition coefficient (Wildman–Crippen LogP) is 2.24. The van der Waals surface area contributed by atoms with E-state index in [4.69, 9.17) is 9.84 Å². The number of carboxylic acid groups (broad SMARTS) is 1. The van der Waals surface area contributed by atoms with Crippen LogP contribution in [0.15, 0.2) is 18.2 Å². The van der Waals surface area contributed by atoms with Gasteiger partial charge in [-0.15, -0.1) is 0 Å². The van der Waals surface area contributed by atoms with Crippen LogP contribution in [0, 0.1) is 6.92 Å². The lowest BCUT2D eigenvalue weighted by atomic mass is 10.1. The summed E-state index contributed by atoms with van der Waals surface area (Å²) < 4.78 is 9.60. The van der Waals surface area contributed by atoms with Crippen LogP contribution in [-0.4, -0.2) is 25.0 Å². The Hall–Kier alpha value is -1.55. The summed E-state index contributed by atoms with van der Waals surface area (Å²) in [6.45, 7) is 2.49. The van der Waals surface area contributed by atoms with Crippen LogP contribution in [0.4, 0.5) is 4.79 Å². The normalized spacial score (nSPS) is 10.0. The maximum absolute atomic E-state index is 10.4. The second-order valence-corrected chi connectivity index (χ2v) is 3.22. The average molecular weight is 210 g/mol. The molecule has 4 nitrogen and oxygen atoms in total. The molecule has 0 aliphatic carbocycles. The Morgan fingerprint density at radius 2 is 2.20 bits per heavy atom. The third-order valence-corrected chi connectivity index (χ3v) is 1.99. The molecule has 0 amide bonds. The van der Waals surface area contributed by atoms with Crippen molar-refractivity contribution in [3.63, 3.8) is 0 Å². The molecule has 0 atom stereocenters. The minimum Gasteiger partial charge on any atom is -0.449 e. The Labute approximate surface area is 88.4 Å². The van der Waals surface area contributed by atoms with Gasteiger partial charge in [-0.2, -0.15) is 0 Å². The number of aryl methyl sites for hydroxylation is 1. The summed E-state index contributed by atoms with van der Waals surface area (Å²) in [5.74, 6) is 0.380. The van der Waals surface area contributed by atoms with Gasteiger partial charge >= 0.3 is 6.16 Å². The summed E-state index contributed by atoms with van der Waals surface area (Å²) in [4.78, 5) is 10.4. The van der Waals surface area contributed by atoms with E-state index in [2.05, 4.69) is 4.74 Å². The van der Waals surface area contributed by atoms with Gasteiger partial charge < -0.3 is 14.6 Å². The van der Waals surface area contributed by atoms with Gasteiger partial charge in [0.1, 0.15) is 5.75 Å². The summed E-state index contributed by atoms with van der Waals surface area (Å²) in [6.07, 6.45) is -0.654. The van der Waals surface area contributed by atoms with Gasteiger partial charge in [0, 0.05) is 7.11 Å². The maximum Gasteiger partial charge on any atom is 0.511 e. The second-order valence-electron chi connectivity index (χ2n) is 3.22. The maximum atomic E-state index is 10.4. The molecule has 0 bridgehead atoms. The zero-order valence-corrected chi connectivity index (χ0v) is 8.82. The molecule has 0 spiro atoms. The van der Waals surface area contributed by atoms with Gasteiger partial charge in [-0.1, -0.05) is 17.7 Å². The molecule has 0 aliphatic rings. The second kappa shape index (κ2) is 5.36. The molecule has 82 valence electrons. The quantitative estimate of drug-likeness (QED) is 0.611. The molecule has 1 N–H and O–H groups in total. The lowest BCUT2D eigenvalue weighted by molar-refractivity contribution is 0.143. The topological polar surface area (TPSA) is 55.8 Å². The number of ether oxygens (including phenoxy) is 2. The SMILES string of the molecule is COCCc1cc(C)ccc1OC(=O)O. The van der Waals surface area contributed by atoms with E-state index >= 15 is 0 Å². The zero-order chi connectivity index (χ0) is 11.3. The van der Waals surface area contributed by atoms with Crippen LogP contribution in [0.1, 0.15) is 11.1 Å². The Kier molecular flexibility index (Phi) is 4.12. The lowest BCUT2D eigenvalue weighted by Gasteiger charge is -2.08. The molecule has 0 saturated heterocycles. The number of hydrogen-bond acceptors (Lipinski definition) is 3. The summed E-state index contributed by atoms with van der Waals surface area (Å²) >= 11 is 0. The smallest absolute Gasteiger partial charge is 0.449 e. The molecule has 0 unspecified atom stereocenters. The Balaban J connectivity index is 2.87. The van der Waals surface area contributed by atoms with E-state index in [1.807, 2.05) is 19.1 Å². The van der Waals surface area contributed by atoms with Crippen LogP contribution in [0.25, 0.3) is 0 Å². The van der Waals surface area contributed by atoms with Gasteiger partial charge in [0.15, 0.2) is 0 Å². The zero-order valence-electron chi connectivity index (χ0n) is 8.82. The average Bonchev–Trinajstić information content (AvgIpc) is 2.18. The lowest BCUT2D eigenvalue weighted by Crippen LogP contribution is -2.06. The van der Waals surface area contributed by atoms with Crippen LogP contribution in [0.2, 0.25) is 0 Å². The third-order valence-electron chi connectivity index (χ3n) is 1.99. The molecule has 0 heterocycles. The van der Waals surface area contributed by atoms with Crippen LogP contribution < -0.4 is 4.74 Å². The fraction of sp³-hybridized carbons (Fsp3) is 0.364. The molecule has 1 rings (SSSR count). The molecule has 0 radical (unpaired) electrons. The molecule has 0 saturated carbocycles. The highest BCUT2D eigenvalue weighted by Gasteiger charge is 2.07. The van der Waals surface area contributed by atoms with Crippen molar-refractivity contribution in [3.05, 3.63) is 29.3 Å². The first kappa shape index (κ1) is 11.5. The molecular formula is C11H14O4. The van der Waals surface area contributed by atoms with Crippen molar-refractivity contribution < 1.29 is 19.4 Å². The van der Waals surface area contributed by atoms with Crippen molar-refractivity contribution in [2.45, 2.75) is 13.3 Å². The highest BCUT2D eigenvalue weighted by molar-refractivity contribution is 5.62. The minimum atomic E-state index is -1.29. The Bertz CT molecular complexity index is 346. The van der Waals surface area contributed by atoms with Gasteiger partial charge in [-0.3, -0.25) is 0 Å². The van der Waals surface area contributed by atoms with E-state index in [0.29, 0.717) is 18.8 Å². The van der Waals surface area contributed by atoms with E-state index in [1.54, 1.807) is 13.2 Å². The first-order valence-electron chi connectivity index (χ1n) is 4.62. The number of carbonyl (C=O) groups is 1. The predicted molar refractivity (Wildman–Crippen MR) is 55.4 cm³/mol. The number of benzene rings is 1. The molecule has 0 aromatic heterocycles. The van der Waals surface area contributed by atoms with Crippen molar-refractivity contribution in [2.24, 2.45) is 0 Å². The number of hydrogen-bond donors (Lipinski definition) is 1. The summed E-state index contributed by atoms with van der Waals surface area (Å²) in [7, 11) is 1.60. The Morgan fingerprint density at radius 1 is 1.47 bits per heavy atom. The van der Waals surface area contributed by atoms with E-state index in [0.717, 1.165) is 11.1 Å². The van der Waals surface area contributed by atoms with Gasteiger partial charge in [0.2, 0.25) is 0 Å². The van der Waals surface area contributed by atoms with Crippen LogP contribution in [0.5, 0.6) is 5.75 Å². The number of methoxy groups -OCH3 is 1. The van der Waals surface area contributed by atoms with Gasteiger partial charge in [0.25, 0.3) is 0 Å². The fourth-order valence-corrected chi connectivity index (χ4v) is 1.31. The molecular weight excluding hydrogens is 196 g/mol. The molecule has 0 fully saturated rings. The molecule has 0 aliphatic heterocycles. The van der Waals surface area contributed by atoms with Crippen molar-refractivity contribution in [3.8, 4) is 5.75 Å². The van der Waals surface area contributed by atoms with Gasteiger partial charge in [-0.05, 0) is 25.0 Å². The van der Waals surface area contributed by atoms with Crippen molar-refractivity contribution in [1.82, 2.24) is 0 Å². The first-order chi connectivity index (χ1) is 7.13. The van der Waals surface area contributed by atoms with E-state index in [1.165, 1.54) is 0 Å². The van der Waals surface area contributed by atoms with E-state index in [9.17, 15) is 4.79 Å². The molecule has 15 heavy (non-hydrogen) atoms. The van der Waals surface area contributed by atoms with Gasteiger partial charge in [-0.25, -0.2) is 4.79 Å². The van der Waals surface area contributed by atoms with Crippen molar-refractivity contribution >= 4 is 6.16 Å². The molecule has 1 aromatic carbocycles.